The Morgan fingerprint density at radius 3 is 2.44 bits per heavy atom. The van der Waals surface area contributed by atoms with Crippen molar-refractivity contribution in [3.8, 4) is 11.1 Å². The smallest absolute Gasteiger partial charge is 0.124 e. The molecule has 0 nitrogen and oxygen atoms in total. The molecule has 2 aromatic carbocycles. The molecule has 0 unspecified atom stereocenters. The molecule has 0 aromatic heterocycles. The molecule has 0 aliphatic carbocycles. The molecule has 0 aliphatic heterocycles. The van der Waals surface area contributed by atoms with E-state index in [9.17, 15) is 4.39 Å². The highest BCUT2D eigenvalue weighted by Crippen LogP contribution is 2.35. The van der Waals surface area contributed by atoms with Gasteiger partial charge >= 0.3 is 0 Å². The zero-order valence-electron chi connectivity index (χ0n) is 8.60. The fraction of sp³-hybridized carbons (Fsp3) is 0.0769. The van der Waals surface area contributed by atoms with Crippen molar-refractivity contribution >= 4 is 31.9 Å². The van der Waals surface area contributed by atoms with E-state index in [2.05, 4.69) is 31.9 Å². The molecule has 2 aromatic rings. The molecular formula is C13H9Br2F. The van der Waals surface area contributed by atoms with E-state index in [1.54, 1.807) is 6.07 Å². The number of rotatable bonds is 1. The average molecular weight is 344 g/mol. The van der Waals surface area contributed by atoms with Gasteiger partial charge in [-0.3, -0.25) is 0 Å². The minimum Gasteiger partial charge on any atom is -0.207 e. The Bertz CT molecular complexity index is 535. The molecule has 0 N–H and O–H groups in total. The van der Waals surface area contributed by atoms with Crippen molar-refractivity contribution in [1.29, 1.82) is 0 Å². The summed E-state index contributed by atoms with van der Waals surface area (Å²) in [6.07, 6.45) is 0. The zero-order chi connectivity index (χ0) is 11.7. The summed E-state index contributed by atoms with van der Waals surface area (Å²) in [5.41, 5.74) is 3.21. The Labute approximate surface area is 111 Å². The Kier molecular flexibility index (Phi) is 3.45. The molecule has 0 atom stereocenters. The summed E-state index contributed by atoms with van der Waals surface area (Å²) in [5.74, 6) is -0.237. The third kappa shape index (κ3) is 2.20. The van der Waals surface area contributed by atoms with Gasteiger partial charge in [-0.05, 0) is 51.7 Å². The molecule has 3 heteroatoms. The van der Waals surface area contributed by atoms with Crippen LogP contribution in [0.3, 0.4) is 0 Å². The molecule has 0 fully saturated rings. The maximum absolute atomic E-state index is 13.0. The standard InChI is InChI=1S/C13H9Br2F/c1-8-3-2-4-11(13(8)15)10-6-5-9(16)7-12(10)14/h2-7H,1H3. The number of hydrogen-bond donors (Lipinski definition) is 0. The molecule has 2 rings (SSSR count). The Morgan fingerprint density at radius 2 is 1.75 bits per heavy atom. The van der Waals surface area contributed by atoms with Crippen molar-refractivity contribution in [2.75, 3.05) is 0 Å². The monoisotopic (exact) mass is 342 g/mol. The topological polar surface area (TPSA) is 0 Å². The van der Waals surface area contributed by atoms with Gasteiger partial charge in [-0.1, -0.05) is 40.2 Å². The summed E-state index contributed by atoms with van der Waals surface area (Å²) in [6.45, 7) is 2.03. The normalized spacial score (nSPS) is 10.5. The van der Waals surface area contributed by atoms with E-state index >= 15 is 0 Å². The van der Waals surface area contributed by atoms with Crippen LogP contribution in [0.2, 0.25) is 0 Å². The highest BCUT2D eigenvalue weighted by Gasteiger charge is 2.08. The second-order valence-corrected chi connectivity index (χ2v) is 5.21. The summed E-state index contributed by atoms with van der Waals surface area (Å²) >= 11 is 6.94. The molecule has 0 amide bonds. The van der Waals surface area contributed by atoms with Crippen molar-refractivity contribution in [2.45, 2.75) is 6.92 Å². The van der Waals surface area contributed by atoms with Crippen molar-refractivity contribution in [3.05, 3.63) is 56.7 Å². The number of aryl methyl sites for hydroxylation is 1. The zero-order valence-corrected chi connectivity index (χ0v) is 11.8. The first-order chi connectivity index (χ1) is 7.59. The van der Waals surface area contributed by atoms with Crippen LogP contribution in [0.5, 0.6) is 0 Å². The van der Waals surface area contributed by atoms with Gasteiger partial charge in [0.15, 0.2) is 0 Å². The van der Waals surface area contributed by atoms with Gasteiger partial charge in [-0.25, -0.2) is 4.39 Å². The first-order valence-corrected chi connectivity index (χ1v) is 6.38. The lowest BCUT2D eigenvalue weighted by molar-refractivity contribution is 0.627. The van der Waals surface area contributed by atoms with Gasteiger partial charge in [0.1, 0.15) is 5.82 Å². The second kappa shape index (κ2) is 4.68. The predicted molar refractivity (Wildman–Crippen MR) is 72.0 cm³/mol. The van der Waals surface area contributed by atoms with Gasteiger partial charge in [0.05, 0.1) is 0 Å². The summed E-state index contributed by atoms with van der Waals surface area (Å²) in [7, 11) is 0. The largest absolute Gasteiger partial charge is 0.207 e. The molecular weight excluding hydrogens is 335 g/mol. The van der Waals surface area contributed by atoms with E-state index in [0.717, 1.165) is 25.6 Å². The average Bonchev–Trinajstić information content (AvgIpc) is 2.23. The maximum Gasteiger partial charge on any atom is 0.124 e. The van der Waals surface area contributed by atoms with Crippen LogP contribution in [0.25, 0.3) is 11.1 Å². The molecule has 0 aliphatic rings. The van der Waals surface area contributed by atoms with Crippen molar-refractivity contribution in [2.24, 2.45) is 0 Å². The highest BCUT2D eigenvalue weighted by atomic mass is 79.9. The van der Waals surface area contributed by atoms with Crippen LogP contribution >= 0.6 is 31.9 Å². The van der Waals surface area contributed by atoms with Crippen LogP contribution in [-0.4, -0.2) is 0 Å². The number of hydrogen-bond acceptors (Lipinski definition) is 0. The van der Waals surface area contributed by atoms with Crippen molar-refractivity contribution in [3.63, 3.8) is 0 Å². The van der Waals surface area contributed by atoms with Crippen molar-refractivity contribution < 1.29 is 4.39 Å². The first-order valence-electron chi connectivity index (χ1n) is 4.80. The van der Waals surface area contributed by atoms with Crippen LogP contribution in [0.15, 0.2) is 45.3 Å². The van der Waals surface area contributed by atoms with Gasteiger partial charge in [0.25, 0.3) is 0 Å². The number of halogens is 3. The van der Waals surface area contributed by atoms with Crippen LogP contribution in [0.1, 0.15) is 5.56 Å². The van der Waals surface area contributed by atoms with Crippen LogP contribution in [0.4, 0.5) is 4.39 Å². The van der Waals surface area contributed by atoms with Crippen LogP contribution in [0, 0.1) is 12.7 Å². The molecule has 82 valence electrons. The SMILES string of the molecule is Cc1cccc(-c2ccc(F)cc2Br)c1Br. The Balaban J connectivity index is 2.63. The molecule has 0 radical (unpaired) electrons. The summed E-state index contributed by atoms with van der Waals surface area (Å²) in [4.78, 5) is 0. The maximum atomic E-state index is 13.0. The van der Waals surface area contributed by atoms with Gasteiger partial charge in [0, 0.05) is 8.95 Å². The summed E-state index contributed by atoms with van der Waals surface area (Å²) in [5, 5.41) is 0. The van der Waals surface area contributed by atoms with E-state index in [0.29, 0.717) is 0 Å². The molecule has 0 saturated carbocycles. The van der Waals surface area contributed by atoms with Crippen LogP contribution < -0.4 is 0 Å². The third-order valence-corrected chi connectivity index (χ3v) is 4.12. The lowest BCUT2D eigenvalue weighted by atomic mass is 10.0. The lowest BCUT2D eigenvalue weighted by Gasteiger charge is -2.09. The molecule has 0 saturated heterocycles. The lowest BCUT2D eigenvalue weighted by Crippen LogP contribution is -1.85. The Hall–Kier alpha value is -0.670. The first kappa shape index (κ1) is 11.8. The van der Waals surface area contributed by atoms with E-state index < -0.39 is 0 Å². The van der Waals surface area contributed by atoms with Gasteiger partial charge in [-0.15, -0.1) is 0 Å². The highest BCUT2D eigenvalue weighted by molar-refractivity contribution is 9.11. The Morgan fingerprint density at radius 1 is 1.00 bits per heavy atom. The van der Waals surface area contributed by atoms with Crippen LogP contribution in [-0.2, 0) is 0 Å². The fourth-order valence-corrected chi connectivity index (χ4v) is 2.61. The minimum atomic E-state index is -0.237. The van der Waals surface area contributed by atoms with E-state index in [1.807, 2.05) is 25.1 Å². The molecule has 0 spiro atoms. The molecule has 16 heavy (non-hydrogen) atoms. The quantitative estimate of drug-likeness (QED) is 0.656. The van der Waals surface area contributed by atoms with E-state index in [4.69, 9.17) is 0 Å². The second-order valence-electron chi connectivity index (χ2n) is 3.56. The molecule has 0 bridgehead atoms. The fourth-order valence-electron chi connectivity index (χ4n) is 1.56. The predicted octanol–water partition coefficient (Wildman–Crippen LogP) is 5.33. The summed E-state index contributed by atoms with van der Waals surface area (Å²) in [6, 6.07) is 10.8. The minimum absolute atomic E-state index is 0.237. The number of benzene rings is 2. The van der Waals surface area contributed by atoms with Gasteiger partial charge in [0.2, 0.25) is 0 Å². The van der Waals surface area contributed by atoms with E-state index in [-0.39, 0.29) is 5.82 Å². The van der Waals surface area contributed by atoms with Gasteiger partial charge < -0.3 is 0 Å². The van der Waals surface area contributed by atoms with Crippen molar-refractivity contribution in [1.82, 2.24) is 0 Å². The molecule has 0 heterocycles. The summed E-state index contributed by atoms with van der Waals surface area (Å²) < 4.78 is 14.8. The van der Waals surface area contributed by atoms with Gasteiger partial charge in [-0.2, -0.15) is 0 Å². The van der Waals surface area contributed by atoms with E-state index in [1.165, 1.54) is 12.1 Å². The third-order valence-electron chi connectivity index (χ3n) is 2.41.